The Kier molecular flexibility index (Phi) is 5.15. The molecule has 1 heteroatoms. The van der Waals surface area contributed by atoms with Crippen LogP contribution in [0.5, 0.6) is 0 Å². The molecular weight excluding hydrogens is 488 g/mol. The van der Waals surface area contributed by atoms with Gasteiger partial charge in [-0.05, 0) is 80.3 Å². The minimum atomic E-state index is -0.348. The molecule has 1 aliphatic heterocycles. The Labute approximate surface area is 234 Å². The van der Waals surface area contributed by atoms with Gasteiger partial charge in [-0.1, -0.05) is 139 Å². The third kappa shape index (κ3) is 3.40. The molecule has 6 aromatic rings. The van der Waals surface area contributed by atoms with Gasteiger partial charge in [0.1, 0.15) is 0 Å². The van der Waals surface area contributed by atoms with Gasteiger partial charge in [-0.25, -0.2) is 0 Å². The van der Waals surface area contributed by atoms with E-state index in [-0.39, 0.29) is 5.41 Å². The van der Waals surface area contributed by atoms with Crippen LogP contribution in [-0.4, -0.2) is 0 Å². The van der Waals surface area contributed by atoms with Crippen molar-refractivity contribution in [1.29, 1.82) is 0 Å². The number of fused-ring (bicyclic) bond motifs is 9. The molecule has 0 amide bonds. The Morgan fingerprint density at radius 1 is 0.410 bits per heavy atom. The van der Waals surface area contributed by atoms with Crippen LogP contribution in [0.4, 0.5) is 0 Å². The van der Waals surface area contributed by atoms with Gasteiger partial charge in [0.15, 0.2) is 0 Å². The second kappa shape index (κ2) is 8.86. The molecule has 0 saturated heterocycles. The molecule has 0 unspecified atom stereocenters. The molecule has 39 heavy (non-hydrogen) atoms. The van der Waals surface area contributed by atoms with E-state index in [0.29, 0.717) is 0 Å². The van der Waals surface area contributed by atoms with Gasteiger partial charge in [0.05, 0.1) is 5.41 Å². The quantitative estimate of drug-likeness (QED) is 0.226. The number of rotatable bonds is 3. The lowest BCUT2D eigenvalue weighted by Crippen LogP contribution is -2.32. The molecule has 0 saturated carbocycles. The van der Waals surface area contributed by atoms with Crippen molar-refractivity contribution in [2.24, 2.45) is 0 Å². The van der Waals surface area contributed by atoms with Gasteiger partial charge in [0.2, 0.25) is 0 Å². The van der Waals surface area contributed by atoms with Crippen LogP contribution in [0.3, 0.4) is 0 Å². The fourth-order valence-electron chi connectivity index (χ4n) is 6.70. The lowest BCUT2D eigenvalue weighted by molar-refractivity contribution is 0.722. The van der Waals surface area contributed by atoms with E-state index in [4.69, 9.17) is 0 Å². The minimum Gasteiger partial charge on any atom is -0.0894 e. The fourth-order valence-corrected chi connectivity index (χ4v) is 7.89. The highest BCUT2D eigenvalue weighted by Crippen LogP contribution is 2.62. The summed E-state index contributed by atoms with van der Waals surface area (Å²) in [5.41, 5.74) is 13.1. The van der Waals surface area contributed by atoms with Crippen molar-refractivity contribution in [2.75, 3.05) is 0 Å². The monoisotopic (exact) mass is 514 g/mol. The molecule has 0 N–H and O–H groups in total. The van der Waals surface area contributed by atoms with Crippen molar-refractivity contribution in [2.45, 2.75) is 21.6 Å². The number of hydrogen-bond donors (Lipinski definition) is 0. The van der Waals surface area contributed by atoms with Gasteiger partial charge in [-0.2, -0.15) is 0 Å². The summed E-state index contributed by atoms with van der Waals surface area (Å²) in [5, 5.41) is 0. The Bertz CT molecular complexity index is 1800. The van der Waals surface area contributed by atoms with Crippen molar-refractivity contribution in [3.05, 3.63) is 179 Å². The van der Waals surface area contributed by atoms with E-state index in [9.17, 15) is 0 Å². The van der Waals surface area contributed by atoms with E-state index in [0.717, 1.165) is 6.42 Å². The number of hydrogen-bond acceptors (Lipinski definition) is 1. The van der Waals surface area contributed by atoms with Crippen molar-refractivity contribution >= 4 is 11.8 Å². The van der Waals surface area contributed by atoms with E-state index >= 15 is 0 Å². The van der Waals surface area contributed by atoms with Crippen LogP contribution in [-0.2, 0) is 11.8 Å². The summed E-state index contributed by atoms with van der Waals surface area (Å²) in [6.45, 7) is 0. The van der Waals surface area contributed by atoms with Crippen molar-refractivity contribution in [3.63, 3.8) is 0 Å². The van der Waals surface area contributed by atoms with Crippen molar-refractivity contribution in [3.8, 4) is 22.3 Å². The first-order valence-electron chi connectivity index (χ1n) is 13.6. The van der Waals surface area contributed by atoms with Crippen LogP contribution in [0.2, 0.25) is 0 Å². The minimum absolute atomic E-state index is 0.348. The van der Waals surface area contributed by atoms with E-state index in [1.54, 1.807) is 0 Å². The van der Waals surface area contributed by atoms with E-state index in [1.165, 1.54) is 65.4 Å². The molecule has 2 aliphatic rings. The lowest BCUT2D eigenvalue weighted by Gasteiger charge is -2.39. The van der Waals surface area contributed by atoms with E-state index in [1.807, 2.05) is 11.8 Å². The van der Waals surface area contributed by atoms with Gasteiger partial charge in [0.25, 0.3) is 0 Å². The van der Waals surface area contributed by atoms with E-state index in [2.05, 4.69) is 146 Å². The zero-order chi connectivity index (χ0) is 25.8. The Hall–Kier alpha value is -4.33. The molecule has 0 atom stereocenters. The largest absolute Gasteiger partial charge is 0.0894 e. The Morgan fingerprint density at radius 3 is 1.77 bits per heavy atom. The van der Waals surface area contributed by atoms with Crippen LogP contribution in [0.1, 0.15) is 33.4 Å². The van der Waals surface area contributed by atoms with Crippen molar-refractivity contribution < 1.29 is 0 Å². The summed E-state index contributed by atoms with van der Waals surface area (Å²) in [6, 6.07) is 54.0. The van der Waals surface area contributed by atoms with Gasteiger partial charge in [0, 0.05) is 9.79 Å². The zero-order valence-electron chi connectivity index (χ0n) is 21.5. The van der Waals surface area contributed by atoms with Crippen LogP contribution in [0.25, 0.3) is 22.3 Å². The fraction of sp³-hybridized carbons (Fsp3) is 0.0526. The first-order chi connectivity index (χ1) is 19.3. The third-order valence-corrected chi connectivity index (χ3v) is 9.51. The predicted octanol–water partition coefficient (Wildman–Crippen LogP) is 9.77. The smallest absolute Gasteiger partial charge is 0.0735 e. The summed E-state index contributed by atoms with van der Waals surface area (Å²) in [7, 11) is 0. The maximum Gasteiger partial charge on any atom is 0.0735 e. The summed E-state index contributed by atoms with van der Waals surface area (Å²) in [5.74, 6) is 0. The highest BCUT2D eigenvalue weighted by Gasteiger charge is 2.50. The predicted molar refractivity (Wildman–Crippen MR) is 163 cm³/mol. The second-order valence-corrected chi connectivity index (χ2v) is 11.6. The Morgan fingerprint density at radius 2 is 1.05 bits per heavy atom. The number of benzene rings is 6. The highest BCUT2D eigenvalue weighted by molar-refractivity contribution is 7.99. The maximum atomic E-state index is 2.46. The Balaban J connectivity index is 1.44. The van der Waals surface area contributed by atoms with Crippen LogP contribution < -0.4 is 0 Å². The van der Waals surface area contributed by atoms with Gasteiger partial charge in [-0.15, -0.1) is 0 Å². The molecule has 6 aromatic carbocycles. The molecule has 0 radical (unpaired) electrons. The molecule has 0 aromatic heterocycles. The first kappa shape index (κ1) is 22.6. The average molecular weight is 515 g/mol. The van der Waals surface area contributed by atoms with Crippen molar-refractivity contribution in [1.82, 2.24) is 0 Å². The van der Waals surface area contributed by atoms with E-state index < -0.39 is 0 Å². The SMILES string of the molecule is c1ccc(Cc2ccc3c(c2)-c2ccc(-c4ccccc4)cc2C32c3ccccc3Sc3ccccc32)cc1. The molecule has 0 fully saturated rings. The van der Waals surface area contributed by atoms with Gasteiger partial charge >= 0.3 is 0 Å². The lowest BCUT2D eigenvalue weighted by atomic mass is 9.67. The normalized spacial score (nSPS) is 13.8. The standard InChI is InChI=1S/C38H26S/c1-3-11-26(12-4-1)23-27-19-22-32-31(24-27)30-21-20-29(28-13-5-2-6-14-28)25-35(30)38(32)33-15-7-9-17-36(33)39-37-18-10-8-16-34(37)38/h1-22,24-25H,23H2. The molecule has 1 spiro atoms. The summed E-state index contributed by atoms with van der Waals surface area (Å²) < 4.78 is 0. The molecule has 1 heterocycles. The molecule has 184 valence electrons. The summed E-state index contributed by atoms with van der Waals surface area (Å²) in [6.07, 6.45) is 0.932. The van der Waals surface area contributed by atoms with Crippen LogP contribution in [0.15, 0.2) is 155 Å². The molecular formula is C38H26S. The topological polar surface area (TPSA) is 0 Å². The van der Waals surface area contributed by atoms with Gasteiger partial charge < -0.3 is 0 Å². The summed E-state index contributed by atoms with van der Waals surface area (Å²) >= 11 is 1.90. The van der Waals surface area contributed by atoms with Crippen LogP contribution >= 0.6 is 11.8 Å². The molecule has 1 aliphatic carbocycles. The maximum absolute atomic E-state index is 2.46. The first-order valence-corrected chi connectivity index (χ1v) is 14.4. The second-order valence-electron chi connectivity index (χ2n) is 10.5. The third-order valence-electron chi connectivity index (χ3n) is 8.36. The highest BCUT2D eigenvalue weighted by atomic mass is 32.2. The molecule has 8 rings (SSSR count). The molecule has 0 bridgehead atoms. The summed E-state index contributed by atoms with van der Waals surface area (Å²) in [4.78, 5) is 2.68. The zero-order valence-corrected chi connectivity index (χ0v) is 22.3. The average Bonchev–Trinajstić information content (AvgIpc) is 3.28. The van der Waals surface area contributed by atoms with Gasteiger partial charge in [-0.3, -0.25) is 0 Å². The molecule has 0 nitrogen and oxygen atoms in total. The van der Waals surface area contributed by atoms with Crippen LogP contribution in [0, 0.1) is 0 Å².